The van der Waals surface area contributed by atoms with Crippen LogP contribution in [0.5, 0.6) is 0 Å². The first-order chi connectivity index (χ1) is 14.5. The molecule has 3 rings (SSSR count). The van der Waals surface area contributed by atoms with E-state index in [9.17, 15) is 27.5 Å². The van der Waals surface area contributed by atoms with Crippen molar-refractivity contribution in [2.24, 2.45) is 0 Å². The van der Waals surface area contributed by atoms with Crippen molar-refractivity contribution >= 4 is 11.6 Å². The number of alkyl halides is 3. The number of carbonyl (C=O) groups excluding carboxylic acids is 1. The fraction of sp³-hybridized carbons (Fsp3) is 0.350. The average molecular weight is 440 g/mol. The Labute approximate surface area is 174 Å². The van der Waals surface area contributed by atoms with Gasteiger partial charge in [0.15, 0.2) is 5.65 Å². The molecule has 0 aliphatic rings. The lowest BCUT2D eigenvalue weighted by Crippen LogP contribution is -2.32. The van der Waals surface area contributed by atoms with E-state index in [2.05, 4.69) is 15.4 Å². The number of carbonyl (C=O) groups is 1. The average Bonchev–Trinajstić information content (AvgIpc) is 3.09. The number of halogens is 4. The third-order valence-electron chi connectivity index (χ3n) is 4.52. The summed E-state index contributed by atoms with van der Waals surface area (Å²) in [6.07, 6.45) is 0.0372. The monoisotopic (exact) mass is 440 g/mol. The number of aromatic nitrogens is 3. The molecular formula is C20H20F4N4O3. The number of amides is 1. The van der Waals surface area contributed by atoms with E-state index in [1.54, 1.807) is 12.4 Å². The van der Waals surface area contributed by atoms with Crippen molar-refractivity contribution in [3.63, 3.8) is 0 Å². The van der Waals surface area contributed by atoms with E-state index >= 15 is 0 Å². The van der Waals surface area contributed by atoms with Gasteiger partial charge in [0.05, 0.1) is 25.0 Å². The van der Waals surface area contributed by atoms with Crippen LogP contribution in [0, 0.1) is 12.7 Å². The van der Waals surface area contributed by atoms with Crippen LogP contribution in [0.4, 0.5) is 17.6 Å². The minimum atomic E-state index is -4.69. The van der Waals surface area contributed by atoms with E-state index < -0.39 is 29.1 Å². The third-order valence-corrected chi connectivity index (χ3v) is 4.52. The number of aliphatic hydroxyl groups is 1. The van der Waals surface area contributed by atoms with Gasteiger partial charge < -0.3 is 15.2 Å². The number of fused-ring (bicyclic) bond motifs is 1. The number of benzene rings is 1. The SMILES string of the molecule is Cc1cnc2c(C(=O)NCCOC[C@@](C)(O)c3ccc(C(F)(F)F)cc3F)cnn2c1. The smallest absolute Gasteiger partial charge is 0.383 e. The minimum absolute atomic E-state index is 0.0180. The first kappa shape index (κ1) is 22.6. The summed E-state index contributed by atoms with van der Waals surface area (Å²) in [7, 11) is 0. The van der Waals surface area contributed by atoms with Gasteiger partial charge in [-0.05, 0) is 31.5 Å². The van der Waals surface area contributed by atoms with Crippen LogP contribution in [0.1, 0.15) is 34.0 Å². The molecule has 31 heavy (non-hydrogen) atoms. The van der Waals surface area contributed by atoms with Crippen molar-refractivity contribution in [3.05, 3.63) is 64.9 Å². The van der Waals surface area contributed by atoms with Gasteiger partial charge in [0.25, 0.3) is 5.91 Å². The van der Waals surface area contributed by atoms with Crippen LogP contribution in [0.2, 0.25) is 0 Å². The largest absolute Gasteiger partial charge is 0.416 e. The predicted molar refractivity (Wildman–Crippen MR) is 102 cm³/mol. The highest BCUT2D eigenvalue weighted by Crippen LogP contribution is 2.32. The number of ether oxygens (including phenoxy) is 1. The van der Waals surface area contributed by atoms with Gasteiger partial charge in [-0.1, -0.05) is 6.07 Å². The molecule has 11 heteroatoms. The topological polar surface area (TPSA) is 88.8 Å². The van der Waals surface area contributed by atoms with E-state index in [-0.39, 0.29) is 30.9 Å². The lowest BCUT2D eigenvalue weighted by molar-refractivity contribution is -0.137. The van der Waals surface area contributed by atoms with Crippen molar-refractivity contribution in [2.45, 2.75) is 25.6 Å². The molecule has 7 nitrogen and oxygen atoms in total. The van der Waals surface area contributed by atoms with Crippen molar-refractivity contribution in [1.82, 2.24) is 19.9 Å². The zero-order chi connectivity index (χ0) is 22.8. The Balaban J connectivity index is 1.52. The fourth-order valence-corrected chi connectivity index (χ4v) is 2.94. The number of aryl methyl sites for hydroxylation is 1. The molecule has 0 saturated heterocycles. The molecular weight excluding hydrogens is 420 g/mol. The summed E-state index contributed by atoms with van der Waals surface area (Å²) in [4.78, 5) is 16.5. The number of hydrogen-bond donors (Lipinski definition) is 2. The normalized spacial score (nSPS) is 13.9. The molecule has 2 heterocycles. The van der Waals surface area contributed by atoms with Gasteiger partial charge in [0, 0.05) is 24.5 Å². The van der Waals surface area contributed by atoms with Gasteiger partial charge in [-0.25, -0.2) is 13.9 Å². The molecule has 0 fully saturated rings. The second-order valence-corrected chi connectivity index (χ2v) is 7.23. The Morgan fingerprint density at radius 1 is 1.29 bits per heavy atom. The summed E-state index contributed by atoms with van der Waals surface area (Å²) >= 11 is 0. The second kappa shape index (κ2) is 8.60. The maximum absolute atomic E-state index is 14.1. The number of rotatable bonds is 7. The van der Waals surface area contributed by atoms with Gasteiger partial charge in [0.1, 0.15) is 17.0 Å². The predicted octanol–water partition coefficient (Wildman–Crippen LogP) is 2.85. The molecule has 0 spiro atoms. The summed E-state index contributed by atoms with van der Waals surface area (Å²) in [5, 5.41) is 17.1. The molecule has 2 N–H and O–H groups in total. The Kier molecular flexibility index (Phi) is 6.27. The van der Waals surface area contributed by atoms with E-state index in [0.29, 0.717) is 17.8 Å². The number of nitrogens with one attached hydrogen (secondary N) is 1. The molecule has 1 atom stereocenters. The highest BCUT2D eigenvalue weighted by atomic mass is 19.4. The van der Waals surface area contributed by atoms with Gasteiger partial charge in [0.2, 0.25) is 0 Å². The number of nitrogens with zero attached hydrogens (tertiary/aromatic N) is 3. The maximum atomic E-state index is 14.1. The lowest BCUT2D eigenvalue weighted by Gasteiger charge is -2.24. The second-order valence-electron chi connectivity index (χ2n) is 7.23. The summed E-state index contributed by atoms with van der Waals surface area (Å²) < 4.78 is 58.8. The van der Waals surface area contributed by atoms with E-state index in [1.807, 2.05) is 6.92 Å². The third kappa shape index (κ3) is 5.17. The zero-order valence-electron chi connectivity index (χ0n) is 16.7. The Morgan fingerprint density at radius 3 is 2.71 bits per heavy atom. The van der Waals surface area contributed by atoms with E-state index in [1.165, 1.54) is 17.6 Å². The molecule has 2 aromatic heterocycles. The molecule has 0 unspecified atom stereocenters. The molecule has 0 saturated carbocycles. The van der Waals surface area contributed by atoms with Crippen LogP contribution >= 0.6 is 0 Å². The fourth-order valence-electron chi connectivity index (χ4n) is 2.94. The van der Waals surface area contributed by atoms with Crippen LogP contribution in [-0.4, -0.2) is 45.4 Å². The van der Waals surface area contributed by atoms with E-state index in [0.717, 1.165) is 11.6 Å². The van der Waals surface area contributed by atoms with Crippen molar-refractivity contribution in [3.8, 4) is 0 Å². The quantitative estimate of drug-likeness (QED) is 0.436. The maximum Gasteiger partial charge on any atom is 0.416 e. The van der Waals surface area contributed by atoms with Crippen molar-refractivity contribution in [2.75, 3.05) is 19.8 Å². The first-order valence-electron chi connectivity index (χ1n) is 9.24. The van der Waals surface area contributed by atoms with Gasteiger partial charge >= 0.3 is 6.18 Å². The molecule has 0 aliphatic carbocycles. The van der Waals surface area contributed by atoms with Crippen LogP contribution in [0.25, 0.3) is 5.65 Å². The number of hydrogen-bond acceptors (Lipinski definition) is 5. The molecule has 1 aromatic carbocycles. The summed E-state index contributed by atoms with van der Waals surface area (Å²) in [5.41, 5.74) is -1.78. The van der Waals surface area contributed by atoms with Crippen molar-refractivity contribution < 1.29 is 32.2 Å². The standard InChI is InChI=1S/C20H20F4N4O3/c1-12-8-26-17-14(9-27-28(17)10-12)18(29)25-5-6-31-11-19(2,30)15-4-3-13(7-16(15)21)20(22,23)24/h3-4,7-10,30H,5-6,11H2,1-2H3,(H,25,29)/t19-/m1/s1. The summed E-state index contributed by atoms with van der Waals surface area (Å²) in [6.45, 7) is 2.74. The first-order valence-corrected chi connectivity index (χ1v) is 9.24. The summed E-state index contributed by atoms with van der Waals surface area (Å²) in [5.74, 6) is -1.61. The van der Waals surface area contributed by atoms with Gasteiger partial charge in [-0.15, -0.1) is 0 Å². The molecule has 3 aromatic rings. The lowest BCUT2D eigenvalue weighted by atomic mass is 9.95. The molecule has 0 bridgehead atoms. The Morgan fingerprint density at radius 2 is 2.03 bits per heavy atom. The highest BCUT2D eigenvalue weighted by molar-refractivity contribution is 5.99. The van der Waals surface area contributed by atoms with E-state index in [4.69, 9.17) is 4.74 Å². The minimum Gasteiger partial charge on any atom is -0.383 e. The Hall–Kier alpha value is -3.05. The highest BCUT2D eigenvalue weighted by Gasteiger charge is 2.34. The molecule has 1 amide bonds. The Bertz CT molecular complexity index is 1100. The van der Waals surface area contributed by atoms with Gasteiger partial charge in [-0.3, -0.25) is 4.79 Å². The molecule has 0 aliphatic heterocycles. The van der Waals surface area contributed by atoms with Crippen LogP contribution in [-0.2, 0) is 16.5 Å². The summed E-state index contributed by atoms with van der Waals surface area (Å²) in [6, 6.07) is 1.90. The zero-order valence-corrected chi connectivity index (χ0v) is 16.7. The molecule has 166 valence electrons. The van der Waals surface area contributed by atoms with Crippen LogP contribution in [0.3, 0.4) is 0 Å². The molecule has 0 radical (unpaired) electrons. The van der Waals surface area contributed by atoms with Crippen LogP contribution < -0.4 is 5.32 Å². The van der Waals surface area contributed by atoms with Crippen molar-refractivity contribution in [1.29, 1.82) is 0 Å². The van der Waals surface area contributed by atoms with Crippen LogP contribution in [0.15, 0.2) is 36.8 Å². The van der Waals surface area contributed by atoms with Gasteiger partial charge in [-0.2, -0.15) is 18.3 Å².